The molecule has 2 heterocycles. The molecule has 2 amide bonds. The number of amides is 2. The summed E-state index contributed by atoms with van der Waals surface area (Å²) in [6.45, 7) is 1.16. The third-order valence-electron chi connectivity index (χ3n) is 4.90. The van der Waals surface area contributed by atoms with Crippen LogP contribution in [0.2, 0.25) is 5.02 Å². The Hall–Kier alpha value is -2.87. The van der Waals surface area contributed by atoms with Gasteiger partial charge in [0.1, 0.15) is 6.61 Å². The maximum Gasteiger partial charge on any atom is 0.267 e. The van der Waals surface area contributed by atoms with Crippen molar-refractivity contribution in [1.29, 1.82) is 0 Å². The molecule has 1 saturated heterocycles. The minimum Gasteiger partial charge on any atom is -0.485 e. The van der Waals surface area contributed by atoms with Crippen molar-refractivity contribution in [2.24, 2.45) is 0 Å². The molecule has 0 spiro atoms. The smallest absolute Gasteiger partial charge is 0.267 e. The van der Waals surface area contributed by atoms with E-state index in [9.17, 15) is 18.4 Å². The van der Waals surface area contributed by atoms with Crippen molar-refractivity contribution in [3.8, 4) is 11.5 Å². The van der Waals surface area contributed by atoms with Crippen LogP contribution in [0.4, 0.5) is 8.78 Å². The number of rotatable bonds is 2. The number of ether oxygens (including phenoxy) is 2. The lowest BCUT2D eigenvalue weighted by Gasteiger charge is -2.37. The molecule has 2 aliphatic rings. The number of hydrogen-bond donors (Lipinski definition) is 0. The van der Waals surface area contributed by atoms with Crippen LogP contribution in [0.15, 0.2) is 36.4 Å². The maximum atomic E-state index is 13.5. The molecule has 0 saturated carbocycles. The molecular formula is C20H17ClF2N2O4. The molecule has 0 aromatic heterocycles. The van der Waals surface area contributed by atoms with Crippen LogP contribution >= 0.6 is 11.6 Å². The first-order valence-electron chi connectivity index (χ1n) is 9.05. The molecule has 2 aliphatic heterocycles. The minimum absolute atomic E-state index is 0.106. The van der Waals surface area contributed by atoms with E-state index < -0.39 is 23.6 Å². The van der Waals surface area contributed by atoms with E-state index in [0.29, 0.717) is 11.5 Å². The van der Waals surface area contributed by atoms with Gasteiger partial charge in [0.25, 0.3) is 11.8 Å². The van der Waals surface area contributed by atoms with Crippen LogP contribution in [0.1, 0.15) is 10.4 Å². The highest BCUT2D eigenvalue weighted by molar-refractivity contribution is 6.33. The normalized spacial score (nSPS) is 18.5. The third-order valence-corrected chi connectivity index (χ3v) is 5.22. The van der Waals surface area contributed by atoms with E-state index in [0.717, 1.165) is 12.1 Å². The Morgan fingerprint density at radius 1 is 0.966 bits per heavy atom. The molecule has 0 aliphatic carbocycles. The average Bonchev–Trinajstić information content (AvgIpc) is 2.75. The van der Waals surface area contributed by atoms with Crippen LogP contribution in [0.3, 0.4) is 0 Å². The van der Waals surface area contributed by atoms with Crippen molar-refractivity contribution >= 4 is 23.4 Å². The summed E-state index contributed by atoms with van der Waals surface area (Å²) in [5, 5.41) is -0.154. The van der Waals surface area contributed by atoms with Crippen LogP contribution in [0.25, 0.3) is 0 Å². The molecular weight excluding hydrogens is 406 g/mol. The van der Waals surface area contributed by atoms with Crippen LogP contribution in [0, 0.1) is 11.6 Å². The van der Waals surface area contributed by atoms with Gasteiger partial charge in [0.2, 0.25) is 6.10 Å². The van der Waals surface area contributed by atoms with Gasteiger partial charge in [-0.3, -0.25) is 9.59 Å². The summed E-state index contributed by atoms with van der Waals surface area (Å²) >= 11 is 5.89. The summed E-state index contributed by atoms with van der Waals surface area (Å²) in [5.41, 5.74) is -0.106. The highest BCUT2D eigenvalue weighted by Crippen LogP contribution is 2.31. The third kappa shape index (κ3) is 3.85. The maximum absolute atomic E-state index is 13.5. The first-order chi connectivity index (χ1) is 13.9. The second-order valence-corrected chi connectivity index (χ2v) is 7.14. The quantitative estimate of drug-likeness (QED) is 0.698. The Bertz CT molecular complexity index is 963. The SMILES string of the molecule is O=C(c1cc(F)c(F)cc1Cl)N1CCN(C(=O)C2COc3ccccc3O2)CC1. The van der Waals surface area contributed by atoms with Gasteiger partial charge in [0.05, 0.1) is 10.6 Å². The summed E-state index contributed by atoms with van der Waals surface area (Å²) in [6, 6.07) is 8.69. The molecule has 0 N–H and O–H groups in total. The molecule has 1 unspecified atom stereocenters. The number of para-hydroxylation sites is 2. The van der Waals surface area contributed by atoms with E-state index in [1.54, 1.807) is 23.1 Å². The van der Waals surface area contributed by atoms with Crippen molar-refractivity contribution in [3.63, 3.8) is 0 Å². The van der Waals surface area contributed by atoms with Crippen LogP contribution in [-0.4, -0.2) is 60.5 Å². The number of benzene rings is 2. The summed E-state index contributed by atoms with van der Waals surface area (Å²) in [6.07, 6.45) is -0.757. The standard InChI is InChI=1S/C20H17ClF2N2O4/c21-13-10-15(23)14(22)9-12(13)19(26)24-5-7-25(8-6-24)20(27)18-11-28-16-3-1-2-4-17(16)29-18/h1-4,9-10,18H,5-8,11H2. The molecule has 2 aromatic carbocycles. The number of carbonyl (C=O) groups is 2. The van der Waals surface area contributed by atoms with E-state index in [2.05, 4.69) is 0 Å². The Morgan fingerprint density at radius 3 is 2.31 bits per heavy atom. The molecule has 6 nitrogen and oxygen atoms in total. The van der Waals surface area contributed by atoms with Crippen LogP contribution < -0.4 is 9.47 Å². The fourth-order valence-corrected chi connectivity index (χ4v) is 3.56. The Balaban J connectivity index is 1.38. The van der Waals surface area contributed by atoms with Gasteiger partial charge in [0, 0.05) is 26.2 Å². The van der Waals surface area contributed by atoms with E-state index in [1.165, 1.54) is 4.90 Å². The largest absolute Gasteiger partial charge is 0.485 e. The summed E-state index contributed by atoms with van der Waals surface area (Å²) < 4.78 is 38.0. The monoisotopic (exact) mass is 422 g/mol. The fraction of sp³-hybridized carbons (Fsp3) is 0.300. The van der Waals surface area contributed by atoms with Gasteiger partial charge in [-0.1, -0.05) is 23.7 Å². The van der Waals surface area contributed by atoms with Gasteiger partial charge in [-0.2, -0.15) is 0 Å². The summed E-state index contributed by atoms with van der Waals surface area (Å²) in [5.74, 6) is -1.88. The number of carbonyl (C=O) groups excluding carboxylic acids is 2. The van der Waals surface area contributed by atoms with Crippen LogP contribution in [0.5, 0.6) is 11.5 Å². The summed E-state index contributed by atoms with van der Waals surface area (Å²) in [4.78, 5) is 28.4. The fourth-order valence-electron chi connectivity index (χ4n) is 3.33. The molecule has 0 bridgehead atoms. The number of hydrogen-bond acceptors (Lipinski definition) is 4. The number of halogens is 3. The minimum atomic E-state index is -1.14. The van der Waals surface area contributed by atoms with Crippen molar-refractivity contribution < 1.29 is 27.8 Å². The van der Waals surface area contributed by atoms with Gasteiger partial charge >= 0.3 is 0 Å². The molecule has 1 atom stereocenters. The van der Waals surface area contributed by atoms with Gasteiger partial charge < -0.3 is 19.3 Å². The zero-order chi connectivity index (χ0) is 20.5. The zero-order valence-electron chi connectivity index (χ0n) is 15.2. The zero-order valence-corrected chi connectivity index (χ0v) is 16.0. The van der Waals surface area contributed by atoms with Gasteiger partial charge in [0.15, 0.2) is 23.1 Å². The molecule has 29 heavy (non-hydrogen) atoms. The van der Waals surface area contributed by atoms with Gasteiger partial charge in [-0.25, -0.2) is 8.78 Å². The predicted molar refractivity (Wildman–Crippen MR) is 100 cm³/mol. The number of fused-ring (bicyclic) bond motifs is 1. The second-order valence-electron chi connectivity index (χ2n) is 6.73. The summed E-state index contributed by atoms with van der Waals surface area (Å²) in [7, 11) is 0. The Labute approximate surface area is 170 Å². The highest BCUT2D eigenvalue weighted by atomic mass is 35.5. The molecule has 9 heteroatoms. The van der Waals surface area contributed by atoms with Crippen LogP contribution in [-0.2, 0) is 4.79 Å². The number of nitrogens with zero attached hydrogens (tertiary/aromatic N) is 2. The lowest BCUT2D eigenvalue weighted by atomic mass is 10.1. The second kappa shape index (κ2) is 7.87. The van der Waals surface area contributed by atoms with Gasteiger partial charge in [-0.05, 0) is 24.3 Å². The lowest BCUT2D eigenvalue weighted by Crippen LogP contribution is -2.55. The van der Waals surface area contributed by atoms with Crippen molar-refractivity contribution in [2.45, 2.75) is 6.10 Å². The van der Waals surface area contributed by atoms with Crippen molar-refractivity contribution in [3.05, 3.63) is 58.6 Å². The van der Waals surface area contributed by atoms with Crippen molar-refractivity contribution in [1.82, 2.24) is 9.80 Å². The Kier molecular flexibility index (Phi) is 5.27. The molecule has 0 radical (unpaired) electrons. The first-order valence-corrected chi connectivity index (χ1v) is 9.43. The van der Waals surface area contributed by atoms with E-state index in [1.807, 2.05) is 6.07 Å². The lowest BCUT2D eigenvalue weighted by molar-refractivity contribution is -0.142. The van der Waals surface area contributed by atoms with E-state index >= 15 is 0 Å². The molecule has 1 fully saturated rings. The first kappa shape index (κ1) is 19.4. The Morgan fingerprint density at radius 2 is 1.59 bits per heavy atom. The van der Waals surface area contributed by atoms with Crippen molar-refractivity contribution in [2.75, 3.05) is 32.8 Å². The van der Waals surface area contributed by atoms with Gasteiger partial charge in [-0.15, -0.1) is 0 Å². The van der Waals surface area contributed by atoms with E-state index in [-0.39, 0.29) is 49.3 Å². The topological polar surface area (TPSA) is 59.1 Å². The number of piperazine rings is 1. The van der Waals surface area contributed by atoms with E-state index in [4.69, 9.17) is 21.1 Å². The average molecular weight is 423 g/mol. The highest BCUT2D eigenvalue weighted by Gasteiger charge is 2.34. The predicted octanol–water partition coefficient (Wildman–Crippen LogP) is 2.74. The molecule has 2 aromatic rings. The molecule has 4 rings (SSSR count). The molecule has 152 valence electrons.